The Labute approximate surface area is 119 Å². The number of halogens is 1. The molecule has 0 saturated heterocycles. The van der Waals surface area contributed by atoms with Crippen molar-refractivity contribution < 1.29 is 4.39 Å². The molecule has 0 bridgehead atoms. The van der Waals surface area contributed by atoms with Gasteiger partial charge in [0.2, 0.25) is 0 Å². The quantitative estimate of drug-likeness (QED) is 0.754. The molecule has 0 fully saturated rings. The zero-order valence-electron chi connectivity index (χ0n) is 12.2. The predicted molar refractivity (Wildman–Crippen MR) is 82.3 cm³/mol. The van der Waals surface area contributed by atoms with Crippen molar-refractivity contribution >= 4 is 17.6 Å². The molecule has 2 N–H and O–H groups in total. The predicted octanol–water partition coefficient (Wildman–Crippen LogP) is 3.27. The van der Waals surface area contributed by atoms with Gasteiger partial charge in [0.15, 0.2) is 11.6 Å². The molecule has 19 heavy (non-hydrogen) atoms. The van der Waals surface area contributed by atoms with Crippen LogP contribution in [-0.4, -0.2) is 29.1 Å². The molecule has 0 saturated carbocycles. The molecule has 0 spiro atoms. The first-order valence-electron chi connectivity index (χ1n) is 6.55. The van der Waals surface area contributed by atoms with Crippen LogP contribution in [0.3, 0.4) is 0 Å². The molecule has 1 heterocycles. The van der Waals surface area contributed by atoms with Crippen LogP contribution in [0.2, 0.25) is 0 Å². The monoisotopic (exact) mass is 285 g/mol. The summed E-state index contributed by atoms with van der Waals surface area (Å²) in [4.78, 5) is 4.06. The summed E-state index contributed by atoms with van der Waals surface area (Å²) in [6, 6.07) is 1.72. The molecule has 1 rings (SSSR count). The van der Waals surface area contributed by atoms with Gasteiger partial charge in [0.25, 0.3) is 0 Å². The third-order valence-corrected chi connectivity index (χ3v) is 3.29. The average Bonchev–Trinajstić information content (AvgIpc) is 2.34. The number of pyridine rings is 1. The highest BCUT2D eigenvalue weighted by molar-refractivity contribution is 7.98. The Hall–Kier alpha value is -0.810. The van der Waals surface area contributed by atoms with Crippen LogP contribution in [0.15, 0.2) is 12.3 Å². The fourth-order valence-electron chi connectivity index (χ4n) is 1.53. The molecule has 0 radical (unpaired) electrons. The summed E-state index contributed by atoms with van der Waals surface area (Å²) < 4.78 is 14.2. The van der Waals surface area contributed by atoms with Crippen molar-refractivity contribution in [3.05, 3.63) is 23.6 Å². The van der Waals surface area contributed by atoms with Gasteiger partial charge in [-0.15, -0.1) is 0 Å². The Bertz CT molecular complexity index is 391. The van der Waals surface area contributed by atoms with E-state index in [1.807, 2.05) is 0 Å². The number of aromatic nitrogens is 1. The van der Waals surface area contributed by atoms with Gasteiger partial charge in [-0.3, -0.25) is 0 Å². The number of hydrogen-bond donors (Lipinski definition) is 2. The lowest BCUT2D eigenvalue weighted by Gasteiger charge is -2.21. The van der Waals surface area contributed by atoms with E-state index in [1.54, 1.807) is 24.0 Å². The fraction of sp³-hybridized carbons (Fsp3) is 0.643. The molecule has 0 atom stereocenters. The van der Waals surface area contributed by atoms with Crippen LogP contribution in [0.1, 0.15) is 32.8 Å². The summed E-state index contributed by atoms with van der Waals surface area (Å²) in [6.45, 7) is 7.45. The molecule has 108 valence electrons. The minimum atomic E-state index is -0.247. The highest BCUT2D eigenvalue weighted by Crippen LogP contribution is 2.16. The van der Waals surface area contributed by atoms with E-state index in [0.717, 1.165) is 18.7 Å². The maximum Gasteiger partial charge on any atom is 0.169 e. The minimum absolute atomic E-state index is 0.0261. The van der Waals surface area contributed by atoms with Crippen molar-refractivity contribution in [1.82, 2.24) is 10.3 Å². The Kier molecular flexibility index (Phi) is 6.58. The summed E-state index contributed by atoms with van der Waals surface area (Å²) in [5.41, 5.74) is 0.624. The van der Waals surface area contributed by atoms with Gasteiger partial charge in [-0.2, -0.15) is 11.8 Å². The molecule has 0 aliphatic rings. The lowest BCUT2D eigenvalue weighted by molar-refractivity contribution is 0.418. The second-order valence-corrected chi connectivity index (χ2v) is 6.49. The first kappa shape index (κ1) is 16.2. The third kappa shape index (κ3) is 6.25. The van der Waals surface area contributed by atoms with Crippen LogP contribution in [0.5, 0.6) is 0 Å². The lowest BCUT2D eigenvalue weighted by atomic mass is 10.1. The van der Waals surface area contributed by atoms with E-state index >= 15 is 0 Å². The molecule has 5 heteroatoms. The van der Waals surface area contributed by atoms with E-state index in [-0.39, 0.29) is 11.4 Å². The van der Waals surface area contributed by atoms with Crippen molar-refractivity contribution in [2.24, 2.45) is 0 Å². The summed E-state index contributed by atoms with van der Waals surface area (Å²) in [6.07, 6.45) is 4.73. The Morgan fingerprint density at radius 3 is 2.74 bits per heavy atom. The largest absolute Gasteiger partial charge is 0.368 e. The van der Waals surface area contributed by atoms with E-state index in [0.29, 0.717) is 17.9 Å². The van der Waals surface area contributed by atoms with Crippen LogP contribution in [0.25, 0.3) is 0 Å². The summed E-state index contributed by atoms with van der Waals surface area (Å²) in [7, 11) is 0. The normalized spacial score (nSPS) is 11.6. The van der Waals surface area contributed by atoms with Crippen molar-refractivity contribution in [3.8, 4) is 0 Å². The lowest BCUT2D eigenvalue weighted by Crippen LogP contribution is -2.35. The van der Waals surface area contributed by atoms with Crippen LogP contribution in [-0.2, 0) is 6.54 Å². The number of nitrogens with zero attached hydrogens (tertiary/aromatic N) is 1. The van der Waals surface area contributed by atoms with Gasteiger partial charge in [0.05, 0.1) is 0 Å². The average molecular weight is 285 g/mol. The highest BCUT2D eigenvalue weighted by Gasteiger charge is 2.13. The number of anilines is 1. The van der Waals surface area contributed by atoms with Crippen LogP contribution in [0.4, 0.5) is 10.2 Å². The van der Waals surface area contributed by atoms with Gasteiger partial charge < -0.3 is 10.6 Å². The minimum Gasteiger partial charge on any atom is -0.368 e. The number of nitrogens with one attached hydrogen (secondary N) is 2. The van der Waals surface area contributed by atoms with Gasteiger partial charge in [-0.1, -0.05) is 0 Å². The van der Waals surface area contributed by atoms with Gasteiger partial charge in [-0.05, 0) is 45.3 Å². The topological polar surface area (TPSA) is 37.0 Å². The second kappa shape index (κ2) is 7.70. The van der Waals surface area contributed by atoms with E-state index in [9.17, 15) is 4.39 Å². The molecule has 0 unspecified atom stereocenters. The maximum atomic E-state index is 14.2. The third-order valence-electron chi connectivity index (χ3n) is 2.60. The number of thioether (sulfide) groups is 1. The maximum absolute atomic E-state index is 14.2. The molecular formula is C14H24FN3S. The first-order valence-corrected chi connectivity index (χ1v) is 7.94. The first-order chi connectivity index (χ1) is 8.94. The Morgan fingerprint density at radius 2 is 2.11 bits per heavy atom. The summed E-state index contributed by atoms with van der Waals surface area (Å²) in [5.74, 6) is 1.18. The van der Waals surface area contributed by atoms with Crippen molar-refractivity contribution in [2.45, 2.75) is 39.3 Å². The summed E-state index contributed by atoms with van der Waals surface area (Å²) in [5, 5.41) is 6.34. The Morgan fingerprint density at radius 1 is 1.37 bits per heavy atom. The molecule has 0 amide bonds. The molecule has 0 aliphatic carbocycles. The zero-order valence-corrected chi connectivity index (χ0v) is 13.0. The van der Waals surface area contributed by atoms with Crippen LogP contribution < -0.4 is 10.6 Å². The van der Waals surface area contributed by atoms with Crippen molar-refractivity contribution in [3.63, 3.8) is 0 Å². The number of rotatable bonds is 7. The molecule has 0 aliphatic heterocycles. The molecule has 0 aromatic carbocycles. The van der Waals surface area contributed by atoms with E-state index < -0.39 is 0 Å². The van der Waals surface area contributed by atoms with Crippen LogP contribution in [0, 0.1) is 5.82 Å². The van der Waals surface area contributed by atoms with Crippen molar-refractivity contribution in [1.29, 1.82) is 0 Å². The summed E-state index contributed by atoms with van der Waals surface area (Å²) >= 11 is 1.79. The fourth-order valence-corrected chi connectivity index (χ4v) is 1.96. The molecular weight excluding hydrogens is 261 g/mol. The SMILES string of the molecule is CSCCCNc1nccc(CNC(C)(C)C)c1F. The second-order valence-electron chi connectivity index (χ2n) is 5.51. The van der Waals surface area contributed by atoms with Gasteiger partial charge in [0.1, 0.15) is 0 Å². The van der Waals surface area contributed by atoms with E-state index in [2.05, 4.69) is 42.6 Å². The van der Waals surface area contributed by atoms with E-state index in [4.69, 9.17) is 0 Å². The van der Waals surface area contributed by atoms with Gasteiger partial charge in [-0.25, -0.2) is 9.37 Å². The van der Waals surface area contributed by atoms with Crippen molar-refractivity contribution in [2.75, 3.05) is 23.9 Å². The Balaban J connectivity index is 2.59. The molecule has 1 aromatic rings. The number of hydrogen-bond acceptors (Lipinski definition) is 4. The highest BCUT2D eigenvalue weighted by atomic mass is 32.2. The molecule has 1 aromatic heterocycles. The smallest absolute Gasteiger partial charge is 0.169 e. The zero-order chi connectivity index (χ0) is 14.3. The standard InChI is InChI=1S/C14H24FN3S/c1-14(2,3)18-10-11-6-8-17-13(12(11)15)16-7-5-9-19-4/h6,8,18H,5,7,9-10H2,1-4H3,(H,16,17). The van der Waals surface area contributed by atoms with Gasteiger partial charge >= 0.3 is 0 Å². The van der Waals surface area contributed by atoms with E-state index in [1.165, 1.54) is 0 Å². The molecule has 3 nitrogen and oxygen atoms in total. The van der Waals surface area contributed by atoms with Crippen LogP contribution >= 0.6 is 11.8 Å². The van der Waals surface area contributed by atoms with Gasteiger partial charge in [0, 0.05) is 30.4 Å².